The first-order chi connectivity index (χ1) is 12.2. The van der Waals surface area contributed by atoms with Crippen LogP contribution in [0.15, 0.2) is 41.6 Å². The monoisotopic (exact) mass is 342 g/mol. The number of nitrogens with zero attached hydrogens (tertiary/aromatic N) is 2. The Bertz CT molecular complexity index is 640. The van der Waals surface area contributed by atoms with Gasteiger partial charge in [-0.2, -0.15) is 0 Å². The zero-order valence-corrected chi connectivity index (χ0v) is 14.6. The van der Waals surface area contributed by atoms with Gasteiger partial charge in [-0.15, -0.1) is 0 Å². The average Bonchev–Trinajstić information content (AvgIpc) is 2.66. The first-order valence-electron chi connectivity index (χ1n) is 9.14. The number of aliphatic carboxylic acids is 1. The van der Waals surface area contributed by atoms with Gasteiger partial charge in [0.25, 0.3) is 0 Å². The second kappa shape index (κ2) is 8.81. The lowest BCUT2D eigenvalue weighted by atomic mass is 9.92. The van der Waals surface area contributed by atoms with Crippen molar-refractivity contribution in [2.75, 3.05) is 26.2 Å². The van der Waals surface area contributed by atoms with Crippen molar-refractivity contribution in [1.29, 1.82) is 0 Å². The first-order valence-corrected chi connectivity index (χ1v) is 9.14. The van der Waals surface area contributed by atoms with E-state index in [0.717, 1.165) is 50.9 Å². The van der Waals surface area contributed by atoms with Gasteiger partial charge < -0.3 is 9.94 Å². The van der Waals surface area contributed by atoms with E-state index in [1.165, 1.54) is 11.1 Å². The molecule has 1 fully saturated rings. The molecule has 0 saturated carbocycles. The molecule has 1 atom stereocenters. The van der Waals surface area contributed by atoms with Crippen molar-refractivity contribution in [2.45, 2.75) is 32.1 Å². The molecule has 1 unspecified atom stereocenters. The number of carbonyl (C=O) groups is 1. The number of carboxylic acid groups (broad SMARTS) is 1. The minimum atomic E-state index is -0.689. The molecule has 1 aromatic rings. The van der Waals surface area contributed by atoms with E-state index in [0.29, 0.717) is 13.2 Å². The van der Waals surface area contributed by atoms with E-state index < -0.39 is 5.97 Å². The molecule has 1 saturated heterocycles. The van der Waals surface area contributed by atoms with Gasteiger partial charge in [0.15, 0.2) is 0 Å². The predicted octanol–water partition coefficient (Wildman–Crippen LogP) is 3.42. The summed E-state index contributed by atoms with van der Waals surface area (Å²) in [6.45, 7) is 2.78. The van der Waals surface area contributed by atoms with E-state index in [4.69, 9.17) is 9.94 Å². The fourth-order valence-electron chi connectivity index (χ4n) is 3.52. The molecule has 1 aliphatic carbocycles. The molecule has 5 heteroatoms. The van der Waals surface area contributed by atoms with Crippen molar-refractivity contribution < 1.29 is 14.7 Å². The molecule has 134 valence electrons. The molecule has 25 heavy (non-hydrogen) atoms. The number of oxime groups is 1. The molecule has 1 N–H and O–H groups in total. The second-order valence-electron chi connectivity index (χ2n) is 6.73. The summed E-state index contributed by atoms with van der Waals surface area (Å²) in [6.07, 6.45) is 7.07. The molecule has 3 rings (SSSR count). The van der Waals surface area contributed by atoms with Gasteiger partial charge in [0.1, 0.15) is 6.61 Å². The maximum atomic E-state index is 11.1. The summed E-state index contributed by atoms with van der Waals surface area (Å²) < 4.78 is 0. The number of benzene rings is 1. The van der Waals surface area contributed by atoms with Crippen LogP contribution in [-0.4, -0.2) is 47.9 Å². The molecular formula is C20H26N2O3. The Morgan fingerprint density at radius 1 is 1.28 bits per heavy atom. The third kappa shape index (κ3) is 4.92. The highest BCUT2D eigenvalue weighted by molar-refractivity contribution is 6.24. The van der Waals surface area contributed by atoms with E-state index >= 15 is 0 Å². The minimum Gasteiger partial charge on any atom is -0.481 e. The van der Waals surface area contributed by atoms with Gasteiger partial charge in [-0.25, -0.2) is 0 Å². The van der Waals surface area contributed by atoms with Crippen LogP contribution in [-0.2, 0) is 9.63 Å². The molecule has 0 radical (unpaired) electrons. The summed E-state index contributed by atoms with van der Waals surface area (Å²) in [7, 11) is 0. The van der Waals surface area contributed by atoms with Gasteiger partial charge in [-0.3, -0.25) is 9.69 Å². The molecule has 1 heterocycles. The Labute approximate surface area is 149 Å². The highest BCUT2D eigenvalue weighted by atomic mass is 16.6. The van der Waals surface area contributed by atoms with Gasteiger partial charge in [0.2, 0.25) is 0 Å². The summed E-state index contributed by atoms with van der Waals surface area (Å²) in [4.78, 5) is 18.9. The Morgan fingerprint density at radius 3 is 2.92 bits per heavy atom. The topological polar surface area (TPSA) is 62.1 Å². The number of piperidine rings is 1. The zero-order valence-electron chi connectivity index (χ0n) is 14.6. The van der Waals surface area contributed by atoms with Crippen molar-refractivity contribution in [3.63, 3.8) is 0 Å². The lowest BCUT2D eigenvalue weighted by Crippen LogP contribution is -2.40. The molecule has 1 aromatic carbocycles. The highest BCUT2D eigenvalue weighted by Crippen LogP contribution is 2.25. The van der Waals surface area contributed by atoms with E-state index in [1.807, 2.05) is 18.2 Å². The van der Waals surface area contributed by atoms with Crippen LogP contribution >= 0.6 is 0 Å². The molecule has 5 nitrogen and oxygen atoms in total. The maximum Gasteiger partial charge on any atom is 0.307 e. The van der Waals surface area contributed by atoms with Gasteiger partial charge in [0, 0.05) is 18.7 Å². The Morgan fingerprint density at radius 2 is 2.12 bits per heavy atom. The minimum absolute atomic E-state index is 0.244. The Hall–Kier alpha value is -2.14. The summed E-state index contributed by atoms with van der Waals surface area (Å²) in [6, 6.07) is 10.3. The molecule has 0 amide bonds. The average molecular weight is 342 g/mol. The van der Waals surface area contributed by atoms with Gasteiger partial charge in [-0.1, -0.05) is 41.6 Å². The van der Waals surface area contributed by atoms with Crippen molar-refractivity contribution in [3.05, 3.63) is 42.0 Å². The van der Waals surface area contributed by atoms with E-state index in [9.17, 15) is 4.79 Å². The summed E-state index contributed by atoms with van der Waals surface area (Å²) in [5.74, 6) is -0.934. The van der Waals surface area contributed by atoms with Gasteiger partial charge in [0.05, 0.1) is 11.6 Å². The predicted molar refractivity (Wildman–Crippen MR) is 98.5 cm³/mol. The standard InChI is InChI=1S/C20H26N2O3/c23-20(24)17-9-6-12-22(15-17)13-14-25-21-19-11-5-4-10-18(19)16-7-2-1-3-8-16/h1-3,7-8,10,17H,4-6,9,11-15H2,(H,23,24). The van der Waals surface area contributed by atoms with Gasteiger partial charge >= 0.3 is 5.97 Å². The Balaban J connectivity index is 1.52. The molecule has 0 spiro atoms. The number of allylic oxidation sites excluding steroid dienone is 2. The normalized spacial score (nSPS) is 23.3. The number of rotatable bonds is 6. The zero-order chi connectivity index (χ0) is 17.5. The summed E-state index contributed by atoms with van der Waals surface area (Å²) in [5.41, 5.74) is 3.38. The maximum absolute atomic E-state index is 11.1. The quantitative estimate of drug-likeness (QED) is 0.635. The van der Waals surface area contributed by atoms with Crippen LogP contribution in [0.5, 0.6) is 0 Å². The molecular weight excluding hydrogens is 316 g/mol. The van der Waals surface area contributed by atoms with Crippen LogP contribution in [0.2, 0.25) is 0 Å². The number of hydrogen-bond acceptors (Lipinski definition) is 4. The number of hydrogen-bond donors (Lipinski definition) is 1. The van der Waals surface area contributed by atoms with Crippen molar-refractivity contribution in [1.82, 2.24) is 4.90 Å². The van der Waals surface area contributed by atoms with Crippen molar-refractivity contribution >= 4 is 17.3 Å². The lowest BCUT2D eigenvalue weighted by Gasteiger charge is -2.30. The number of likely N-dealkylation sites (tertiary alicyclic amines) is 1. The molecule has 0 aromatic heterocycles. The molecule has 1 aliphatic heterocycles. The van der Waals surface area contributed by atoms with Crippen LogP contribution < -0.4 is 0 Å². The smallest absolute Gasteiger partial charge is 0.307 e. The van der Waals surface area contributed by atoms with Crippen LogP contribution in [0, 0.1) is 5.92 Å². The number of carboxylic acids is 1. The van der Waals surface area contributed by atoms with E-state index in [1.54, 1.807) is 0 Å². The second-order valence-corrected chi connectivity index (χ2v) is 6.73. The van der Waals surface area contributed by atoms with E-state index in [-0.39, 0.29) is 5.92 Å². The van der Waals surface area contributed by atoms with Crippen LogP contribution in [0.1, 0.15) is 37.7 Å². The molecule has 0 bridgehead atoms. The fraction of sp³-hybridized carbons (Fsp3) is 0.500. The fourth-order valence-corrected chi connectivity index (χ4v) is 3.52. The van der Waals surface area contributed by atoms with Crippen LogP contribution in [0.4, 0.5) is 0 Å². The SMILES string of the molecule is O=C(O)C1CCCN(CCON=C2CCCC=C2c2ccccc2)C1. The third-order valence-corrected chi connectivity index (χ3v) is 4.89. The van der Waals surface area contributed by atoms with Crippen LogP contribution in [0.25, 0.3) is 5.57 Å². The van der Waals surface area contributed by atoms with Crippen molar-refractivity contribution in [2.24, 2.45) is 11.1 Å². The van der Waals surface area contributed by atoms with Crippen molar-refractivity contribution in [3.8, 4) is 0 Å². The van der Waals surface area contributed by atoms with Gasteiger partial charge in [-0.05, 0) is 44.2 Å². The Kier molecular flexibility index (Phi) is 6.23. The lowest BCUT2D eigenvalue weighted by molar-refractivity contribution is -0.143. The third-order valence-electron chi connectivity index (χ3n) is 4.89. The largest absolute Gasteiger partial charge is 0.481 e. The first kappa shape index (κ1) is 17.7. The summed E-state index contributed by atoms with van der Waals surface area (Å²) in [5, 5.41) is 13.5. The molecule has 2 aliphatic rings. The summed E-state index contributed by atoms with van der Waals surface area (Å²) >= 11 is 0. The van der Waals surface area contributed by atoms with Crippen LogP contribution in [0.3, 0.4) is 0 Å². The van der Waals surface area contributed by atoms with E-state index in [2.05, 4.69) is 28.3 Å². The highest BCUT2D eigenvalue weighted by Gasteiger charge is 2.25.